The fourth-order valence-corrected chi connectivity index (χ4v) is 3.79. The molecule has 20 heavy (non-hydrogen) atoms. The van der Waals surface area contributed by atoms with Crippen molar-refractivity contribution in [3.05, 3.63) is 0 Å². The summed E-state index contributed by atoms with van der Waals surface area (Å²) < 4.78 is 22.9. The predicted molar refractivity (Wildman–Crippen MR) is 69.4 cm³/mol. The van der Waals surface area contributed by atoms with E-state index in [1.807, 2.05) is 0 Å². The second-order valence-electron chi connectivity index (χ2n) is 5.08. The average molecular weight is 303 g/mol. The molecule has 2 aliphatic heterocycles. The van der Waals surface area contributed by atoms with Crippen molar-refractivity contribution in [3.8, 4) is 0 Å². The minimum Gasteiger partial charge on any atom is -0.344 e. The predicted octanol–water partition coefficient (Wildman–Crippen LogP) is -2.36. The van der Waals surface area contributed by atoms with E-state index in [0.717, 1.165) is 4.90 Å². The van der Waals surface area contributed by atoms with Crippen LogP contribution in [0.2, 0.25) is 0 Å². The smallest absolute Gasteiger partial charge is 0.252 e. The summed E-state index contributed by atoms with van der Waals surface area (Å²) in [5.74, 6) is -1.21. The van der Waals surface area contributed by atoms with Crippen LogP contribution in [-0.4, -0.2) is 68.2 Å². The summed E-state index contributed by atoms with van der Waals surface area (Å²) in [6.45, 7) is 0.323. The molecular weight excluding hydrogens is 286 g/mol. The van der Waals surface area contributed by atoms with Crippen LogP contribution in [0.5, 0.6) is 0 Å². The van der Waals surface area contributed by atoms with Gasteiger partial charge >= 0.3 is 0 Å². The molecule has 0 aromatic heterocycles. The van der Waals surface area contributed by atoms with Gasteiger partial charge in [0.2, 0.25) is 11.8 Å². The molecule has 2 saturated heterocycles. The van der Waals surface area contributed by atoms with Crippen LogP contribution in [-0.2, 0) is 24.2 Å². The highest BCUT2D eigenvalue weighted by atomic mass is 32.2. The van der Waals surface area contributed by atoms with Crippen LogP contribution < -0.4 is 10.6 Å². The molecular formula is C11H17N3O5S. The zero-order valence-corrected chi connectivity index (χ0v) is 11.9. The maximum atomic E-state index is 11.8. The van der Waals surface area contributed by atoms with Crippen LogP contribution in [0.1, 0.15) is 12.8 Å². The number of hydrogen-bond donors (Lipinski definition) is 2. The molecule has 0 aromatic rings. The van der Waals surface area contributed by atoms with E-state index in [2.05, 4.69) is 10.6 Å². The first-order valence-electron chi connectivity index (χ1n) is 6.32. The largest absolute Gasteiger partial charge is 0.344 e. The van der Waals surface area contributed by atoms with E-state index in [-0.39, 0.29) is 30.3 Å². The van der Waals surface area contributed by atoms with Gasteiger partial charge in [0.25, 0.3) is 5.91 Å². The fourth-order valence-electron chi connectivity index (χ4n) is 2.34. The summed E-state index contributed by atoms with van der Waals surface area (Å²) in [6, 6.07) is -1.28. The Hall–Kier alpha value is -1.48. The summed E-state index contributed by atoms with van der Waals surface area (Å²) in [6.07, 6.45) is -0.0710. The number of rotatable bonds is 3. The van der Waals surface area contributed by atoms with Crippen molar-refractivity contribution in [1.82, 2.24) is 15.5 Å². The summed E-state index contributed by atoms with van der Waals surface area (Å²) in [4.78, 5) is 35.7. The standard InChI is InChI=1S/C11H17N3O5S/c1-14-10(16)5-8(11(14)17)13-9(15)4-7-6-20(18,19)3-2-12-7/h7-8,12H,2-6H2,1H3,(H,13,15). The number of likely N-dealkylation sites (N-methyl/N-ethyl adjacent to an activating group) is 1. The second-order valence-corrected chi connectivity index (χ2v) is 7.31. The average Bonchev–Trinajstić information content (AvgIpc) is 2.55. The van der Waals surface area contributed by atoms with Crippen LogP contribution in [0.4, 0.5) is 0 Å². The van der Waals surface area contributed by atoms with Gasteiger partial charge in [0.15, 0.2) is 9.84 Å². The first-order valence-corrected chi connectivity index (χ1v) is 8.14. The molecule has 2 unspecified atom stereocenters. The quantitative estimate of drug-likeness (QED) is 0.564. The number of carbonyl (C=O) groups excluding carboxylic acids is 3. The van der Waals surface area contributed by atoms with E-state index >= 15 is 0 Å². The molecule has 3 amide bonds. The Balaban J connectivity index is 1.87. The van der Waals surface area contributed by atoms with Crippen LogP contribution in [0.15, 0.2) is 0 Å². The van der Waals surface area contributed by atoms with Gasteiger partial charge in [-0.3, -0.25) is 19.3 Å². The molecule has 2 fully saturated rings. The molecule has 0 spiro atoms. The van der Waals surface area contributed by atoms with Crippen LogP contribution in [0.25, 0.3) is 0 Å². The SMILES string of the molecule is CN1C(=O)CC(NC(=O)CC2CS(=O)(=O)CCN2)C1=O. The van der Waals surface area contributed by atoms with Crippen molar-refractivity contribution in [1.29, 1.82) is 0 Å². The molecule has 2 atom stereocenters. The lowest BCUT2D eigenvalue weighted by Crippen LogP contribution is -2.49. The van der Waals surface area contributed by atoms with Crippen molar-refractivity contribution in [3.63, 3.8) is 0 Å². The summed E-state index contributed by atoms with van der Waals surface area (Å²) in [7, 11) is -1.74. The maximum absolute atomic E-state index is 11.8. The zero-order valence-electron chi connectivity index (χ0n) is 11.1. The van der Waals surface area contributed by atoms with Gasteiger partial charge in [0.1, 0.15) is 6.04 Å². The van der Waals surface area contributed by atoms with E-state index in [1.54, 1.807) is 0 Å². The van der Waals surface area contributed by atoms with Crippen molar-refractivity contribution in [2.24, 2.45) is 0 Å². The third-order valence-electron chi connectivity index (χ3n) is 3.45. The highest BCUT2D eigenvalue weighted by Gasteiger charge is 2.37. The highest BCUT2D eigenvalue weighted by molar-refractivity contribution is 7.91. The molecule has 0 bridgehead atoms. The maximum Gasteiger partial charge on any atom is 0.252 e. The van der Waals surface area contributed by atoms with E-state index in [4.69, 9.17) is 0 Å². The van der Waals surface area contributed by atoms with Crippen LogP contribution >= 0.6 is 0 Å². The molecule has 9 heteroatoms. The van der Waals surface area contributed by atoms with Gasteiger partial charge in [-0.25, -0.2) is 8.42 Å². The normalized spacial score (nSPS) is 29.6. The van der Waals surface area contributed by atoms with Gasteiger partial charge in [-0.05, 0) is 0 Å². The van der Waals surface area contributed by atoms with Gasteiger partial charge in [0, 0.05) is 26.1 Å². The topological polar surface area (TPSA) is 113 Å². The second kappa shape index (κ2) is 5.49. The van der Waals surface area contributed by atoms with E-state index in [1.165, 1.54) is 7.05 Å². The molecule has 2 heterocycles. The first-order chi connectivity index (χ1) is 9.28. The number of hydrogen-bond acceptors (Lipinski definition) is 6. The van der Waals surface area contributed by atoms with Gasteiger partial charge in [0.05, 0.1) is 17.9 Å². The van der Waals surface area contributed by atoms with Crippen molar-refractivity contribution in [2.75, 3.05) is 25.1 Å². The van der Waals surface area contributed by atoms with E-state index < -0.39 is 33.7 Å². The van der Waals surface area contributed by atoms with Gasteiger partial charge in [-0.15, -0.1) is 0 Å². The molecule has 0 saturated carbocycles. The van der Waals surface area contributed by atoms with Gasteiger partial charge in [-0.2, -0.15) is 0 Å². The Kier molecular flexibility index (Phi) is 4.09. The molecule has 0 aromatic carbocycles. The van der Waals surface area contributed by atoms with E-state index in [9.17, 15) is 22.8 Å². The Labute approximate surface area is 116 Å². The minimum absolute atomic E-state index is 0.0269. The van der Waals surface area contributed by atoms with E-state index in [0.29, 0.717) is 6.54 Å². The molecule has 2 aliphatic rings. The van der Waals surface area contributed by atoms with Crippen LogP contribution in [0.3, 0.4) is 0 Å². The number of nitrogens with one attached hydrogen (secondary N) is 2. The molecule has 8 nitrogen and oxygen atoms in total. The summed E-state index contributed by atoms with van der Waals surface area (Å²) in [5.41, 5.74) is 0. The van der Waals surface area contributed by atoms with Crippen LogP contribution in [0, 0.1) is 0 Å². The Morgan fingerprint density at radius 3 is 2.70 bits per heavy atom. The lowest BCUT2D eigenvalue weighted by Gasteiger charge is -2.23. The zero-order chi connectivity index (χ0) is 14.9. The van der Waals surface area contributed by atoms with Gasteiger partial charge < -0.3 is 10.6 Å². The number of likely N-dealkylation sites (tertiary alicyclic amines) is 1. The Bertz CT molecular complexity index is 544. The highest BCUT2D eigenvalue weighted by Crippen LogP contribution is 2.11. The number of sulfone groups is 1. The number of carbonyl (C=O) groups is 3. The van der Waals surface area contributed by atoms with Gasteiger partial charge in [-0.1, -0.05) is 0 Å². The lowest BCUT2D eigenvalue weighted by molar-refractivity contribution is -0.138. The monoisotopic (exact) mass is 303 g/mol. The van der Waals surface area contributed by atoms with Crippen molar-refractivity contribution < 1.29 is 22.8 Å². The van der Waals surface area contributed by atoms with Crippen molar-refractivity contribution >= 4 is 27.6 Å². The molecule has 0 aliphatic carbocycles. The molecule has 0 radical (unpaired) electrons. The minimum atomic E-state index is -3.10. The Morgan fingerprint density at radius 2 is 2.15 bits per heavy atom. The number of amides is 3. The molecule has 2 N–H and O–H groups in total. The lowest BCUT2D eigenvalue weighted by atomic mass is 10.2. The number of imide groups is 1. The summed E-state index contributed by atoms with van der Waals surface area (Å²) >= 11 is 0. The summed E-state index contributed by atoms with van der Waals surface area (Å²) in [5, 5.41) is 5.44. The third kappa shape index (κ3) is 3.34. The number of nitrogens with zero attached hydrogens (tertiary/aromatic N) is 1. The fraction of sp³-hybridized carbons (Fsp3) is 0.727. The van der Waals surface area contributed by atoms with Crippen molar-refractivity contribution in [2.45, 2.75) is 24.9 Å². The Morgan fingerprint density at radius 1 is 1.45 bits per heavy atom. The third-order valence-corrected chi connectivity index (χ3v) is 5.19. The first kappa shape index (κ1) is 14.9. The molecule has 112 valence electrons. The molecule has 2 rings (SSSR count).